The molecular formula is C9H12N2O2. The Morgan fingerprint density at radius 3 is 2.54 bits per heavy atom. The van der Waals surface area contributed by atoms with Crippen molar-refractivity contribution >= 4 is 11.6 Å². The highest BCUT2D eigenvalue weighted by Crippen LogP contribution is 2.12. The monoisotopic (exact) mass is 180 g/mol. The topological polar surface area (TPSA) is 61.4 Å². The summed E-state index contributed by atoms with van der Waals surface area (Å²) in [6.07, 6.45) is 0. The Morgan fingerprint density at radius 2 is 2.00 bits per heavy atom. The van der Waals surface area contributed by atoms with Gasteiger partial charge in [-0.2, -0.15) is 0 Å². The van der Waals surface area contributed by atoms with E-state index in [9.17, 15) is 4.79 Å². The lowest BCUT2D eigenvalue weighted by Gasteiger charge is -2.06. The molecule has 0 unspecified atom stereocenters. The molecule has 1 aromatic rings. The predicted octanol–water partition coefficient (Wildman–Crippen LogP) is 0.898. The first-order valence-electron chi connectivity index (χ1n) is 3.96. The number of nitrogens with one attached hydrogen (secondary N) is 2. The SMILES string of the molecule is CC(=O)NCNc1ccc(O)cc1. The van der Waals surface area contributed by atoms with Crippen LogP contribution in [-0.4, -0.2) is 17.7 Å². The lowest BCUT2D eigenvalue weighted by atomic mass is 10.3. The van der Waals surface area contributed by atoms with Crippen molar-refractivity contribution in [1.82, 2.24) is 5.32 Å². The van der Waals surface area contributed by atoms with Crippen molar-refractivity contribution in [3.8, 4) is 5.75 Å². The van der Waals surface area contributed by atoms with E-state index in [4.69, 9.17) is 5.11 Å². The van der Waals surface area contributed by atoms with Crippen molar-refractivity contribution in [2.24, 2.45) is 0 Å². The van der Waals surface area contributed by atoms with Crippen molar-refractivity contribution in [3.05, 3.63) is 24.3 Å². The number of hydrogen-bond donors (Lipinski definition) is 3. The van der Waals surface area contributed by atoms with Gasteiger partial charge in [0.15, 0.2) is 0 Å². The van der Waals surface area contributed by atoms with E-state index in [1.54, 1.807) is 24.3 Å². The third-order valence-electron chi connectivity index (χ3n) is 1.50. The highest BCUT2D eigenvalue weighted by atomic mass is 16.3. The van der Waals surface area contributed by atoms with Crippen LogP contribution >= 0.6 is 0 Å². The van der Waals surface area contributed by atoms with E-state index in [-0.39, 0.29) is 11.7 Å². The number of hydrogen-bond acceptors (Lipinski definition) is 3. The van der Waals surface area contributed by atoms with Gasteiger partial charge >= 0.3 is 0 Å². The maximum atomic E-state index is 10.5. The molecule has 70 valence electrons. The van der Waals surface area contributed by atoms with E-state index in [0.717, 1.165) is 5.69 Å². The number of carbonyl (C=O) groups is 1. The minimum Gasteiger partial charge on any atom is -0.508 e. The molecule has 13 heavy (non-hydrogen) atoms. The first-order valence-corrected chi connectivity index (χ1v) is 3.96. The molecule has 1 aromatic carbocycles. The summed E-state index contributed by atoms with van der Waals surface area (Å²) in [5.74, 6) is 0.149. The number of anilines is 1. The molecule has 0 radical (unpaired) electrons. The zero-order valence-electron chi connectivity index (χ0n) is 7.37. The maximum absolute atomic E-state index is 10.5. The molecule has 0 bridgehead atoms. The summed E-state index contributed by atoms with van der Waals surface area (Å²) in [4.78, 5) is 10.5. The molecule has 0 saturated heterocycles. The summed E-state index contributed by atoms with van der Waals surface area (Å²) in [6.45, 7) is 1.85. The van der Waals surface area contributed by atoms with Crippen LogP contribution in [0.1, 0.15) is 6.92 Å². The number of aromatic hydroxyl groups is 1. The normalized spacial score (nSPS) is 9.31. The fraction of sp³-hybridized carbons (Fsp3) is 0.222. The van der Waals surface area contributed by atoms with Crippen molar-refractivity contribution in [2.45, 2.75) is 6.92 Å². The maximum Gasteiger partial charge on any atom is 0.218 e. The molecular weight excluding hydrogens is 168 g/mol. The number of phenolic OH excluding ortho intramolecular Hbond substituents is 1. The predicted molar refractivity (Wildman–Crippen MR) is 50.4 cm³/mol. The van der Waals surface area contributed by atoms with E-state index in [1.165, 1.54) is 6.92 Å². The average Bonchev–Trinajstić information content (AvgIpc) is 2.08. The van der Waals surface area contributed by atoms with Crippen LogP contribution in [0.3, 0.4) is 0 Å². The van der Waals surface area contributed by atoms with Gasteiger partial charge in [0.25, 0.3) is 0 Å². The number of rotatable bonds is 3. The van der Waals surface area contributed by atoms with E-state index in [2.05, 4.69) is 10.6 Å². The van der Waals surface area contributed by atoms with Gasteiger partial charge < -0.3 is 15.7 Å². The first kappa shape index (κ1) is 9.38. The van der Waals surface area contributed by atoms with Gasteiger partial charge in [-0.3, -0.25) is 4.79 Å². The zero-order chi connectivity index (χ0) is 9.68. The lowest BCUT2D eigenvalue weighted by molar-refractivity contribution is -0.118. The molecule has 0 aromatic heterocycles. The van der Waals surface area contributed by atoms with Crippen LogP contribution in [0.2, 0.25) is 0 Å². The molecule has 0 aliphatic heterocycles. The van der Waals surface area contributed by atoms with Crippen LogP contribution in [0.25, 0.3) is 0 Å². The average molecular weight is 180 g/mol. The molecule has 0 saturated carbocycles. The molecule has 0 atom stereocenters. The van der Waals surface area contributed by atoms with Gasteiger partial charge in [-0.1, -0.05) is 0 Å². The number of benzene rings is 1. The Labute approximate surface area is 76.6 Å². The second-order valence-corrected chi connectivity index (χ2v) is 2.63. The molecule has 1 rings (SSSR count). The second-order valence-electron chi connectivity index (χ2n) is 2.63. The Hall–Kier alpha value is -1.71. The third kappa shape index (κ3) is 3.46. The fourth-order valence-electron chi connectivity index (χ4n) is 0.850. The number of phenols is 1. The van der Waals surface area contributed by atoms with E-state index >= 15 is 0 Å². The van der Waals surface area contributed by atoms with Crippen LogP contribution in [0.5, 0.6) is 5.75 Å². The zero-order valence-corrected chi connectivity index (χ0v) is 7.37. The van der Waals surface area contributed by atoms with Crippen LogP contribution in [0, 0.1) is 0 Å². The highest BCUT2D eigenvalue weighted by Gasteiger charge is 1.92. The summed E-state index contributed by atoms with van der Waals surface area (Å²) in [6, 6.07) is 6.63. The Bertz CT molecular complexity index is 282. The Kier molecular flexibility index (Phi) is 3.14. The summed E-state index contributed by atoms with van der Waals surface area (Å²) in [5.41, 5.74) is 0.853. The van der Waals surface area contributed by atoms with Gasteiger partial charge in [-0.05, 0) is 24.3 Å². The summed E-state index contributed by atoms with van der Waals surface area (Å²) >= 11 is 0. The summed E-state index contributed by atoms with van der Waals surface area (Å²) < 4.78 is 0. The Balaban J connectivity index is 2.37. The van der Waals surface area contributed by atoms with Crippen LogP contribution in [0.15, 0.2) is 24.3 Å². The first-order chi connectivity index (χ1) is 6.18. The third-order valence-corrected chi connectivity index (χ3v) is 1.50. The van der Waals surface area contributed by atoms with Gasteiger partial charge in [0.1, 0.15) is 5.75 Å². The van der Waals surface area contributed by atoms with Crippen LogP contribution < -0.4 is 10.6 Å². The lowest BCUT2D eigenvalue weighted by Crippen LogP contribution is -2.26. The van der Waals surface area contributed by atoms with Gasteiger partial charge in [-0.15, -0.1) is 0 Å². The van der Waals surface area contributed by atoms with Crippen molar-refractivity contribution in [2.75, 3.05) is 12.0 Å². The number of amides is 1. The van der Waals surface area contributed by atoms with E-state index in [1.807, 2.05) is 0 Å². The molecule has 0 aliphatic rings. The number of carbonyl (C=O) groups excluding carboxylic acids is 1. The molecule has 3 N–H and O–H groups in total. The molecule has 0 fully saturated rings. The molecule has 0 heterocycles. The molecule has 0 spiro atoms. The molecule has 1 amide bonds. The highest BCUT2D eigenvalue weighted by molar-refractivity contribution is 5.73. The van der Waals surface area contributed by atoms with Gasteiger partial charge in [0.05, 0.1) is 6.67 Å². The standard InChI is InChI=1S/C9H12N2O2/c1-7(12)10-6-11-8-2-4-9(13)5-3-8/h2-5,11,13H,6H2,1H3,(H,10,12). The van der Waals surface area contributed by atoms with Crippen molar-refractivity contribution in [3.63, 3.8) is 0 Å². The van der Waals surface area contributed by atoms with E-state index < -0.39 is 0 Å². The molecule has 0 aliphatic carbocycles. The largest absolute Gasteiger partial charge is 0.508 e. The van der Waals surface area contributed by atoms with Gasteiger partial charge in [-0.25, -0.2) is 0 Å². The minimum absolute atomic E-state index is 0.0775. The summed E-state index contributed by atoms with van der Waals surface area (Å²) in [5, 5.41) is 14.5. The van der Waals surface area contributed by atoms with Gasteiger partial charge in [0, 0.05) is 12.6 Å². The Morgan fingerprint density at radius 1 is 1.38 bits per heavy atom. The van der Waals surface area contributed by atoms with Crippen molar-refractivity contribution in [1.29, 1.82) is 0 Å². The van der Waals surface area contributed by atoms with Crippen LogP contribution in [0.4, 0.5) is 5.69 Å². The van der Waals surface area contributed by atoms with Crippen molar-refractivity contribution < 1.29 is 9.90 Å². The fourth-order valence-corrected chi connectivity index (χ4v) is 0.850. The summed E-state index contributed by atoms with van der Waals surface area (Å²) in [7, 11) is 0. The molecule has 4 heteroatoms. The minimum atomic E-state index is -0.0775. The molecule has 4 nitrogen and oxygen atoms in total. The van der Waals surface area contributed by atoms with Crippen LogP contribution in [-0.2, 0) is 4.79 Å². The van der Waals surface area contributed by atoms with E-state index in [0.29, 0.717) is 6.67 Å². The smallest absolute Gasteiger partial charge is 0.218 e. The quantitative estimate of drug-likeness (QED) is 0.478. The second kappa shape index (κ2) is 4.35. The van der Waals surface area contributed by atoms with Gasteiger partial charge in [0.2, 0.25) is 5.91 Å².